The van der Waals surface area contributed by atoms with Gasteiger partial charge >= 0.3 is 0 Å². The van der Waals surface area contributed by atoms with Crippen LogP contribution in [0.2, 0.25) is 0 Å². The van der Waals surface area contributed by atoms with Gasteiger partial charge in [-0.05, 0) is 241 Å². The van der Waals surface area contributed by atoms with E-state index < -0.39 is 0 Å². The molecule has 626 valence electrons. The fraction of sp³-hybridized carbons (Fsp3) is 0. The summed E-state index contributed by atoms with van der Waals surface area (Å²) < 4.78 is 4.96. The van der Waals surface area contributed by atoms with Gasteiger partial charge in [-0.25, -0.2) is 0 Å². The summed E-state index contributed by atoms with van der Waals surface area (Å²) in [5.74, 6) is 0. The van der Waals surface area contributed by atoms with Gasteiger partial charge in [-0.2, -0.15) is 0 Å². The maximum Gasteiger partial charge on any atom is 0.0626 e. The van der Waals surface area contributed by atoms with Crippen LogP contribution >= 0.6 is 11.3 Å². The van der Waals surface area contributed by atoms with Crippen molar-refractivity contribution in [1.82, 2.24) is 8.80 Å². The zero-order valence-electron chi connectivity index (χ0n) is 73.6. The number of hydrogen-bond donors (Lipinski definition) is 0. The quantitative estimate of drug-likeness (QED) is 0.121. The minimum absolute atomic E-state index is 1.23. The van der Waals surface area contributed by atoms with Gasteiger partial charge in [-0.15, -0.1) is 11.3 Å². The highest BCUT2D eigenvalue weighted by atomic mass is 32.1. The zero-order chi connectivity index (χ0) is 88.7. The largest absolute Gasteiger partial charge is 0.308 e. The number of rotatable bonds is 10. The van der Waals surface area contributed by atoms with E-state index in [1.165, 1.54) is 272 Å². The summed E-state index contributed by atoms with van der Waals surface area (Å²) >= 11 is 1.85. The Morgan fingerprint density at radius 3 is 0.993 bits per heavy atom. The molecule has 29 aromatic rings. The summed E-state index contributed by atoms with van der Waals surface area (Å²) in [6, 6.07) is 183. The van der Waals surface area contributed by atoms with Gasteiger partial charge in [-0.1, -0.05) is 443 Å². The molecule has 0 unspecified atom stereocenters. The van der Waals surface area contributed by atoms with Crippen molar-refractivity contribution in [3.05, 3.63) is 497 Å². The number of para-hydroxylation sites is 4. The van der Waals surface area contributed by atoms with E-state index >= 15 is 0 Å². The highest BCUT2D eigenvalue weighted by Crippen LogP contribution is 2.54. The molecule has 0 N–H and O–H groups in total. The number of hydrogen-bond acceptors (Lipinski definition) is 1. The summed E-state index contributed by atoms with van der Waals surface area (Å²) in [7, 11) is 0. The molecule has 0 radical (unpaired) electrons. The van der Waals surface area contributed by atoms with E-state index in [-0.39, 0.29) is 0 Å². The standard InChI is InChI=1S/C48H29N.C44H27N.C40H26S/c1-2-12-33-29-34(26-23-30(33)11-1)31-21-24-32(25-22-31)45-36-14-3-5-16-38(36)46(39-17-6-4-15-37(39)45)42-28-27-40-35-13-7-9-19-43(35)49-44-20-10-8-18-41(44)47(42)48(40)49;1-2-14-28(15-3-1)29-16-4-5-18-31(29)41-32-19-6-8-21-34(32)42(35-22-9-7-20-33(35)41)37-24-13-27-40-43(37)38-25-12-23-36-30-17-10-11-26-39(30)45(40)44(36)38;1-2-12-28(13-3-1)37-23-24-38(41-37)30-15-10-16-31(26-30)39-33-17-6-8-19-35(33)40(36-20-9-7-18-34(36)39)32-22-21-27-11-4-5-14-29(27)25-32/h1-29H;1-27H;1-26H. The first-order valence-corrected chi connectivity index (χ1v) is 47.5. The van der Waals surface area contributed by atoms with Gasteiger partial charge in [0, 0.05) is 52.8 Å². The first-order chi connectivity index (χ1) is 67.0. The predicted molar refractivity (Wildman–Crippen MR) is 581 cm³/mol. The molecule has 0 aliphatic heterocycles. The average molecular weight is 1730 g/mol. The van der Waals surface area contributed by atoms with E-state index in [4.69, 9.17) is 0 Å². The van der Waals surface area contributed by atoms with Crippen LogP contribution in [-0.2, 0) is 0 Å². The van der Waals surface area contributed by atoms with Crippen molar-refractivity contribution in [3.8, 4) is 110 Å². The molecule has 5 aromatic heterocycles. The fourth-order valence-corrected chi connectivity index (χ4v) is 23.7. The molecule has 2 nitrogen and oxygen atoms in total. The van der Waals surface area contributed by atoms with Gasteiger partial charge < -0.3 is 8.80 Å². The van der Waals surface area contributed by atoms with Gasteiger partial charge in [0.25, 0.3) is 0 Å². The first-order valence-electron chi connectivity index (χ1n) is 46.7. The van der Waals surface area contributed by atoms with Crippen molar-refractivity contribution >= 4 is 174 Å². The van der Waals surface area contributed by atoms with Gasteiger partial charge in [0.05, 0.1) is 33.1 Å². The molecule has 0 atom stereocenters. The van der Waals surface area contributed by atoms with Crippen molar-refractivity contribution in [2.75, 3.05) is 0 Å². The molecule has 135 heavy (non-hydrogen) atoms. The van der Waals surface area contributed by atoms with E-state index in [9.17, 15) is 0 Å². The molecule has 0 aliphatic carbocycles. The second kappa shape index (κ2) is 31.8. The van der Waals surface area contributed by atoms with Crippen LogP contribution in [0, 0.1) is 0 Å². The lowest BCUT2D eigenvalue weighted by atomic mass is 9.83. The Kier molecular flexibility index (Phi) is 18.3. The highest BCUT2D eigenvalue weighted by molar-refractivity contribution is 7.18. The van der Waals surface area contributed by atoms with Crippen LogP contribution in [0.4, 0.5) is 0 Å². The lowest BCUT2D eigenvalue weighted by molar-refractivity contribution is 1.37. The Bertz CT molecular complexity index is 9650. The first kappa shape index (κ1) is 77.6. The van der Waals surface area contributed by atoms with Crippen molar-refractivity contribution in [3.63, 3.8) is 0 Å². The van der Waals surface area contributed by atoms with Crippen LogP contribution in [-0.4, -0.2) is 8.80 Å². The topological polar surface area (TPSA) is 8.82 Å². The van der Waals surface area contributed by atoms with E-state index in [1.807, 2.05) is 11.3 Å². The summed E-state index contributed by atoms with van der Waals surface area (Å²) in [6.45, 7) is 0. The Hall–Kier alpha value is -17.3. The average Bonchev–Trinajstić information content (AvgIpc) is 1.57. The monoisotopic (exact) mass is 1730 g/mol. The van der Waals surface area contributed by atoms with Crippen LogP contribution in [0.25, 0.3) is 272 Å². The smallest absolute Gasteiger partial charge is 0.0626 e. The van der Waals surface area contributed by atoms with Crippen LogP contribution in [0.1, 0.15) is 0 Å². The Balaban J connectivity index is 0.000000103. The normalized spacial score (nSPS) is 11.9. The molecule has 0 fully saturated rings. The predicted octanol–water partition coefficient (Wildman–Crippen LogP) is 37.3. The number of nitrogens with zero attached hydrogens (tertiary/aromatic N) is 2. The summed E-state index contributed by atoms with van der Waals surface area (Å²) in [4.78, 5) is 2.58. The van der Waals surface area contributed by atoms with Crippen LogP contribution in [0.3, 0.4) is 0 Å². The molecular formula is C132H82N2S. The second-order valence-corrected chi connectivity index (χ2v) is 36.8. The molecular weight excluding hydrogens is 1650 g/mol. The second-order valence-electron chi connectivity index (χ2n) is 35.8. The molecule has 24 aromatic carbocycles. The molecule has 0 spiro atoms. The lowest BCUT2D eigenvalue weighted by Crippen LogP contribution is -1.93. The number of benzene rings is 24. The maximum atomic E-state index is 2.48. The van der Waals surface area contributed by atoms with Gasteiger partial charge in [0.15, 0.2) is 0 Å². The maximum absolute atomic E-state index is 2.48. The third kappa shape index (κ3) is 12.5. The number of fused-ring (bicyclic) bond motifs is 20. The third-order valence-corrected chi connectivity index (χ3v) is 29.7. The minimum atomic E-state index is 1.23. The van der Waals surface area contributed by atoms with Crippen LogP contribution in [0.15, 0.2) is 497 Å². The van der Waals surface area contributed by atoms with Crippen molar-refractivity contribution < 1.29 is 0 Å². The number of thiophene rings is 1. The molecule has 0 saturated heterocycles. The SMILES string of the molecule is c1ccc(-c2ccc(-c3cccc(-c4c5ccccc5c(-c5ccc6ccccc6c5)c5ccccc45)c3)s2)cc1.c1ccc(-c2ccccc2-c2c3ccccc3c(-c3cccc4c3c3cccc5c6ccccc6n4c53)c3ccccc23)cc1.c1ccc2cc(-c3ccc(-c4c5ccccc5c(-c5ccc6c7ccccc7n7c8ccccc8c5c67)c5ccccc45)cc3)ccc2c1. The Labute approximate surface area is 784 Å². The molecule has 29 rings (SSSR count). The molecule has 3 heteroatoms. The zero-order valence-corrected chi connectivity index (χ0v) is 74.5. The van der Waals surface area contributed by atoms with E-state index in [2.05, 4.69) is 506 Å². The fourth-order valence-electron chi connectivity index (χ4n) is 22.7. The van der Waals surface area contributed by atoms with Gasteiger partial charge in [0.1, 0.15) is 0 Å². The summed E-state index contributed by atoms with van der Waals surface area (Å²) in [5, 5.41) is 30.9. The molecule has 5 heterocycles. The Morgan fingerprint density at radius 1 is 0.133 bits per heavy atom. The van der Waals surface area contributed by atoms with Crippen LogP contribution < -0.4 is 0 Å². The molecule has 0 saturated carbocycles. The van der Waals surface area contributed by atoms with Crippen molar-refractivity contribution in [1.29, 1.82) is 0 Å². The third-order valence-electron chi connectivity index (χ3n) is 28.5. The van der Waals surface area contributed by atoms with E-state index in [0.717, 1.165) is 0 Å². The van der Waals surface area contributed by atoms with E-state index in [1.54, 1.807) is 0 Å². The van der Waals surface area contributed by atoms with E-state index in [0.29, 0.717) is 0 Å². The van der Waals surface area contributed by atoms with Crippen molar-refractivity contribution in [2.45, 2.75) is 0 Å². The minimum Gasteiger partial charge on any atom is -0.308 e. The Morgan fingerprint density at radius 2 is 0.452 bits per heavy atom. The van der Waals surface area contributed by atoms with Gasteiger partial charge in [-0.3, -0.25) is 0 Å². The lowest BCUT2D eigenvalue weighted by Gasteiger charge is -2.20. The summed E-state index contributed by atoms with van der Waals surface area (Å²) in [5.41, 5.74) is 30.4. The van der Waals surface area contributed by atoms with Crippen molar-refractivity contribution in [2.24, 2.45) is 0 Å². The molecule has 0 amide bonds. The van der Waals surface area contributed by atoms with Crippen LogP contribution in [0.5, 0.6) is 0 Å². The molecule has 0 bridgehead atoms. The number of aromatic nitrogens is 2. The highest BCUT2D eigenvalue weighted by Gasteiger charge is 2.28. The van der Waals surface area contributed by atoms with Gasteiger partial charge in [0.2, 0.25) is 0 Å². The summed E-state index contributed by atoms with van der Waals surface area (Å²) in [6.07, 6.45) is 0. The molecule has 0 aliphatic rings.